The summed E-state index contributed by atoms with van der Waals surface area (Å²) in [6, 6.07) is 7.29. The lowest BCUT2D eigenvalue weighted by atomic mass is 9.98. The largest absolute Gasteiger partial charge is 0.490 e. The minimum absolute atomic E-state index is 0.141. The first-order chi connectivity index (χ1) is 8.73. The van der Waals surface area contributed by atoms with Crippen molar-refractivity contribution in [3.05, 3.63) is 24.3 Å². The molecule has 0 spiro atoms. The zero-order chi connectivity index (χ0) is 14.5. The third-order valence-electron chi connectivity index (χ3n) is 2.33. The summed E-state index contributed by atoms with van der Waals surface area (Å²) in [5, 5.41) is 0. The summed E-state index contributed by atoms with van der Waals surface area (Å²) in [7, 11) is 1.73. The molecule has 1 aromatic rings. The van der Waals surface area contributed by atoms with Crippen molar-refractivity contribution in [3.8, 4) is 11.5 Å². The van der Waals surface area contributed by atoms with E-state index in [1.54, 1.807) is 19.9 Å². The van der Waals surface area contributed by atoms with Gasteiger partial charge in [-0.05, 0) is 19.1 Å². The van der Waals surface area contributed by atoms with Crippen molar-refractivity contribution in [1.82, 2.24) is 0 Å². The van der Waals surface area contributed by atoms with Crippen molar-refractivity contribution in [2.24, 2.45) is 5.41 Å². The van der Waals surface area contributed by atoms with Crippen LogP contribution in [0, 0.1) is 5.41 Å². The number of halogens is 1. The van der Waals surface area contributed by atoms with Crippen molar-refractivity contribution in [3.63, 3.8) is 0 Å². The van der Waals surface area contributed by atoms with E-state index >= 15 is 0 Å². The SMILES string of the molecule is CCOc1ccccc1OCC(C)(C)CS(=O)(=O)Cl. The lowest BCUT2D eigenvalue weighted by Crippen LogP contribution is -2.28. The average Bonchev–Trinajstić information content (AvgIpc) is 2.25. The third-order valence-corrected chi connectivity index (χ3v) is 3.78. The van der Waals surface area contributed by atoms with Crippen LogP contribution in [0.1, 0.15) is 20.8 Å². The van der Waals surface area contributed by atoms with E-state index in [1.165, 1.54) is 0 Å². The summed E-state index contributed by atoms with van der Waals surface area (Å²) in [4.78, 5) is 0. The van der Waals surface area contributed by atoms with Crippen molar-refractivity contribution in [1.29, 1.82) is 0 Å². The van der Waals surface area contributed by atoms with Crippen LogP contribution < -0.4 is 9.47 Å². The molecule has 6 heteroatoms. The molecule has 0 bridgehead atoms. The van der Waals surface area contributed by atoms with Crippen molar-refractivity contribution in [2.45, 2.75) is 20.8 Å². The number of para-hydroxylation sites is 2. The molecule has 0 heterocycles. The number of ether oxygens (including phenoxy) is 2. The van der Waals surface area contributed by atoms with E-state index < -0.39 is 14.5 Å². The van der Waals surface area contributed by atoms with Gasteiger partial charge in [0.15, 0.2) is 11.5 Å². The second kappa shape index (κ2) is 6.48. The minimum Gasteiger partial charge on any atom is -0.490 e. The Labute approximate surface area is 119 Å². The molecule has 0 atom stereocenters. The quantitative estimate of drug-likeness (QED) is 0.727. The maximum Gasteiger partial charge on any atom is 0.233 e. The maximum atomic E-state index is 11.1. The first-order valence-electron chi connectivity index (χ1n) is 6.00. The maximum absolute atomic E-state index is 11.1. The van der Waals surface area contributed by atoms with Crippen LogP contribution >= 0.6 is 10.7 Å². The van der Waals surface area contributed by atoms with Gasteiger partial charge >= 0.3 is 0 Å². The Morgan fingerprint density at radius 2 is 1.68 bits per heavy atom. The molecule has 0 N–H and O–H groups in total. The fraction of sp³-hybridized carbons (Fsp3) is 0.538. The van der Waals surface area contributed by atoms with Crippen LogP contribution in [-0.4, -0.2) is 27.4 Å². The van der Waals surface area contributed by atoms with Crippen LogP contribution in [0.15, 0.2) is 24.3 Å². The van der Waals surface area contributed by atoms with Gasteiger partial charge < -0.3 is 9.47 Å². The van der Waals surface area contributed by atoms with E-state index in [0.29, 0.717) is 18.1 Å². The number of rotatable bonds is 7. The van der Waals surface area contributed by atoms with E-state index in [9.17, 15) is 8.42 Å². The standard InChI is InChI=1S/C13H19ClO4S/c1-4-17-11-7-5-6-8-12(11)18-9-13(2,3)10-19(14,15)16/h5-8H,4,9-10H2,1-3H3. The van der Waals surface area contributed by atoms with Gasteiger partial charge in [0.1, 0.15) is 0 Å². The zero-order valence-electron chi connectivity index (χ0n) is 11.3. The molecule has 1 rings (SSSR count). The topological polar surface area (TPSA) is 52.6 Å². The lowest BCUT2D eigenvalue weighted by Gasteiger charge is -2.23. The first kappa shape index (κ1) is 16.1. The van der Waals surface area contributed by atoms with E-state index in [0.717, 1.165) is 0 Å². The van der Waals surface area contributed by atoms with E-state index in [1.807, 2.05) is 25.1 Å². The molecular formula is C13H19ClO4S. The number of hydrogen-bond acceptors (Lipinski definition) is 4. The Bertz CT molecular complexity index is 511. The van der Waals surface area contributed by atoms with Gasteiger partial charge in [-0.15, -0.1) is 0 Å². The highest BCUT2D eigenvalue weighted by Crippen LogP contribution is 2.29. The van der Waals surface area contributed by atoms with Crippen LogP contribution in [-0.2, 0) is 9.05 Å². The highest BCUT2D eigenvalue weighted by atomic mass is 35.7. The van der Waals surface area contributed by atoms with Crippen LogP contribution in [0.5, 0.6) is 11.5 Å². The van der Waals surface area contributed by atoms with Gasteiger partial charge in [-0.2, -0.15) is 0 Å². The Hall–Kier alpha value is -0.940. The summed E-state index contributed by atoms with van der Waals surface area (Å²) in [5.74, 6) is 1.11. The van der Waals surface area contributed by atoms with Crippen LogP contribution in [0.3, 0.4) is 0 Å². The van der Waals surface area contributed by atoms with Gasteiger partial charge in [0.05, 0.1) is 19.0 Å². The Morgan fingerprint density at radius 1 is 1.16 bits per heavy atom. The third kappa shape index (κ3) is 6.16. The van der Waals surface area contributed by atoms with Gasteiger partial charge in [0.2, 0.25) is 9.05 Å². The second-order valence-corrected chi connectivity index (χ2v) is 7.79. The molecule has 0 saturated heterocycles. The summed E-state index contributed by atoms with van der Waals surface area (Å²) in [5.41, 5.74) is -0.570. The van der Waals surface area contributed by atoms with Crippen molar-refractivity contribution >= 4 is 19.7 Å². The first-order valence-corrected chi connectivity index (χ1v) is 8.48. The van der Waals surface area contributed by atoms with Gasteiger partial charge in [-0.1, -0.05) is 26.0 Å². The number of hydrogen-bond donors (Lipinski definition) is 0. The van der Waals surface area contributed by atoms with Crippen LogP contribution in [0.2, 0.25) is 0 Å². The molecule has 108 valence electrons. The molecule has 1 aromatic carbocycles. The van der Waals surface area contributed by atoms with Gasteiger partial charge in [0, 0.05) is 16.1 Å². The highest BCUT2D eigenvalue weighted by Gasteiger charge is 2.26. The molecule has 0 radical (unpaired) electrons. The molecular weight excluding hydrogens is 288 g/mol. The summed E-state index contributed by atoms with van der Waals surface area (Å²) in [6.07, 6.45) is 0. The lowest BCUT2D eigenvalue weighted by molar-refractivity contribution is 0.191. The summed E-state index contributed by atoms with van der Waals surface area (Å²) >= 11 is 0. The zero-order valence-corrected chi connectivity index (χ0v) is 12.9. The molecule has 0 fully saturated rings. The van der Waals surface area contributed by atoms with Crippen molar-refractivity contribution in [2.75, 3.05) is 19.0 Å². The second-order valence-electron chi connectivity index (χ2n) is 5.02. The van der Waals surface area contributed by atoms with Gasteiger partial charge in [0.25, 0.3) is 0 Å². The van der Waals surface area contributed by atoms with Crippen LogP contribution in [0.4, 0.5) is 0 Å². The normalized spacial score (nSPS) is 12.2. The average molecular weight is 307 g/mol. The summed E-state index contributed by atoms with van der Waals surface area (Å²) < 4.78 is 33.3. The monoisotopic (exact) mass is 306 g/mol. The molecule has 0 aliphatic heterocycles. The highest BCUT2D eigenvalue weighted by molar-refractivity contribution is 8.13. The van der Waals surface area contributed by atoms with E-state index in [2.05, 4.69) is 0 Å². The molecule has 0 unspecified atom stereocenters. The number of benzene rings is 1. The van der Waals surface area contributed by atoms with Crippen LogP contribution in [0.25, 0.3) is 0 Å². The minimum atomic E-state index is -3.55. The fourth-order valence-corrected chi connectivity index (χ4v) is 3.53. The summed E-state index contributed by atoms with van der Waals surface area (Å²) in [6.45, 7) is 6.25. The predicted molar refractivity (Wildman–Crippen MR) is 76.5 cm³/mol. The Kier molecular flexibility index (Phi) is 5.50. The van der Waals surface area contributed by atoms with Crippen molar-refractivity contribution < 1.29 is 17.9 Å². The van der Waals surface area contributed by atoms with Gasteiger partial charge in [-0.3, -0.25) is 0 Å². The van der Waals surface area contributed by atoms with E-state index in [-0.39, 0.29) is 12.4 Å². The fourth-order valence-electron chi connectivity index (χ4n) is 1.63. The van der Waals surface area contributed by atoms with Gasteiger partial charge in [-0.25, -0.2) is 8.42 Å². The molecule has 0 aromatic heterocycles. The van der Waals surface area contributed by atoms with E-state index in [4.69, 9.17) is 20.2 Å². The predicted octanol–water partition coefficient (Wildman–Crippen LogP) is 3.06. The molecule has 4 nitrogen and oxygen atoms in total. The molecule has 0 amide bonds. The molecule has 0 aliphatic carbocycles. The molecule has 0 saturated carbocycles. The smallest absolute Gasteiger partial charge is 0.233 e. The Morgan fingerprint density at radius 3 is 2.16 bits per heavy atom. The molecule has 0 aliphatic rings. The molecule has 19 heavy (non-hydrogen) atoms. The Balaban J connectivity index is 2.71.